The highest BCUT2D eigenvalue weighted by Crippen LogP contribution is 2.12. The minimum atomic E-state index is -0.654. The third-order valence-electron chi connectivity index (χ3n) is 1.83. The van der Waals surface area contributed by atoms with Gasteiger partial charge in [0.25, 0.3) is 0 Å². The molecule has 16 heavy (non-hydrogen) atoms. The first-order chi connectivity index (χ1) is 7.61. The van der Waals surface area contributed by atoms with Crippen molar-refractivity contribution in [1.29, 1.82) is 0 Å². The molecule has 0 aliphatic carbocycles. The van der Waals surface area contributed by atoms with Gasteiger partial charge >= 0.3 is 5.97 Å². The second-order valence-electron chi connectivity index (χ2n) is 3.14. The number of carbonyl (C=O) groups excluding carboxylic acids is 1. The summed E-state index contributed by atoms with van der Waals surface area (Å²) in [5, 5.41) is 2.73. The van der Waals surface area contributed by atoms with Crippen molar-refractivity contribution >= 4 is 11.7 Å². The molecule has 0 spiro atoms. The molecule has 1 aromatic carbocycles. The van der Waals surface area contributed by atoms with E-state index in [2.05, 4.69) is 5.32 Å². The van der Waals surface area contributed by atoms with Crippen LogP contribution < -0.4 is 5.32 Å². The molecule has 0 aliphatic heterocycles. The van der Waals surface area contributed by atoms with Crippen LogP contribution in [0.3, 0.4) is 0 Å². The van der Waals surface area contributed by atoms with Gasteiger partial charge in [0.1, 0.15) is 11.6 Å². The average molecular weight is 229 g/mol. The molecular formula is C11H13F2NO2. The van der Waals surface area contributed by atoms with Crippen molar-refractivity contribution in [2.24, 2.45) is 0 Å². The molecule has 0 unspecified atom stereocenters. The van der Waals surface area contributed by atoms with Gasteiger partial charge in [-0.1, -0.05) is 0 Å². The fourth-order valence-electron chi connectivity index (χ4n) is 1.20. The van der Waals surface area contributed by atoms with Gasteiger partial charge in [0, 0.05) is 18.3 Å². The summed E-state index contributed by atoms with van der Waals surface area (Å²) in [6, 6.07) is 3.11. The number of nitrogens with one attached hydrogen (secondary N) is 1. The van der Waals surface area contributed by atoms with Crippen LogP contribution in [0.4, 0.5) is 14.5 Å². The van der Waals surface area contributed by atoms with Gasteiger partial charge in [0.05, 0.1) is 13.0 Å². The Hall–Kier alpha value is -1.65. The number of anilines is 1. The van der Waals surface area contributed by atoms with E-state index >= 15 is 0 Å². The Kier molecular flexibility index (Phi) is 4.69. The van der Waals surface area contributed by atoms with E-state index in [1.165, 1.54) is 0 Å². The van der Waals surface area contributed by atoms with Crippen LogP contribution in [-0.2, 0) is 9.53 Å². The van der Waals surface area contributed by atoms with E-state index in [1.54, 1.807) is 6.92 Å². The van der Waals surface area contributed by atoms with Crippen LogP contribution in [0, 0.1) is 11.6 Å². The number of esters is 1. The lowest BCUT2D eigenvalue weighted by atomic mass is 10.3. The topological polar surface area (TPSA) is 38.3 Å². The average Bonchev–Trinajstić information content (AvgIpc) is 2.16. The molecule has 0 atom stereocenters. The molecule has 0 saturated carbocycles. The van der Waals surface area contributed by atoms with Crippen LogP contribution in [0.5, 0.6) is 0 Å². The van der Waals surface area contributed by atoms with Crippen LogP contribution in [0.1, 0.15) is 13.3 Å². The van der Waals surface area contributed by atoms with Crippen molar-refractivity contribution in [2.75, 3.05) is 18.5 Å². The summed E-state index contributed by atoms with van der Waals surface area (Å²) in [7, 11) is 0. The van der Waals surface area contributed by atoms with Gasteiger partial charge in [0.2, 0.25) is 0 Å². The van der Waals surface area contributed by atoms with Gasteiger partial charge in [-0.3, -0.25) is 4.79 Å². The van der Waals surface area contributed by atoms with Crippen molar-refractivity contribution in [3.63, 3.8) is 0 Å². The van der Waals surface area contributed by atoms with Gasteiger partial charge in [0.15, 0.2) is 0 Å². The van der Waals surface area contributed by atoms with Gasteiger partial charge in [-0.15, -0.1) is 0 Å². The first-order valence-electron chi connectivity index (χ1n) is 4.97. The highest BCUT2D eigenvalue weighted by molar-refractivity contribution is 5.70. The van der Waals surface area contributed by atoms with E-state index in [9.17, 15) is 13.6 Å². The van der Waals surface area contributed by atoms with Gasteiger partial charge in [-0.2, -0.15) is 0 Å². The summed E-state index contributed by atoms with van der Waals surface area (Å²) in [5.74, 6) is -1.65. The number of hydrogen-bond donors (Lipinski definition) is 1. The zero-order chi connectivity index (χ0) is 12.0. The molecule has 1 rings (SSSR count). The molecule has 88 valence electrons. The summed E-state index contributed by atoms with van der Waals surface area (Å²) in [6.45, 7) is 2.32. The van der Waals surface area contributed by atoms with Gasteiger partial charge in [-0.25, -0.2) is 8.78 Å². The Bertz CT molecular complexity index is 349. The maximum atomic E-state index is 12.8. The molecule has 3 nitrogen and oxygen atoms in total. The van der Waals surface area contributed by atoms with Crippen LogP contribution in [0.15, 0.2) is 18.2 Å². The molecule has 1 N–H and O–H groups in total. The minimum absolute atomic E-state index is 0.159. The Labute approximate surface area is 92.4 Å². The van der Waals surface area contributed by atoms with E-state index in [0.717, 1.165) is 18.2 Å². The predicted octanol–water partition coefficient (Wildman–Crippen LogP) is 2.33. The molecular weight excluding hydrogens is 216 g/mol. The number of hydrogen-bond acceptors (Lipinski definition) is 3. The van der Waals surface area contributed by atoms with E-state index in [0.29, 0.717) is 12.3 Å². The second-order valence-corrected chi connectivity index (χ2v) is 3.14. The van der Waals surface area contributed by atoms with Crippen LogP contribution >= 0.6 is 0 Å². The first kappa shape index (κ1) is 12.4. The highest BCUT2D eigenvalue weighted by atomic mass is 19.1. The van der Waals surface area contributed by atoms with Crippen molar-refractivity contribution in [2.45, 2.75) is 13.3 Å². The molecule has 0 saturated heterocycles. The van der Waals surface area contributed by atoms with E-state index in [1.807, 2.05) is 0 Å². The lowest BCUT2D eigenvalue weighted by Crippen LogP contribution is -2.11. The monoisotopic (exact) mass is 229 g/mol. The van der Waals surface area contributed by atoms with Crippen molar-refractivity contribution < 1.29 is 18.3 Å². The fourth-order valence-corrected chi connectivity index (χ4v) is 1.20. The summed E-state index contributed by atoms with van der Waals surface area (Å²) in [4.78, 5) is 11.0. The minimum Gasteiger partial charge on any atom is -0.466 e. The SMILES string of the molecule is CCOC(=O)CCNc1cc(F)cc(F)c1. The Balaban J connectivity index is 2.40. The van der Waals surface area contributed by atoms with Gasteiger partial charge < -0.3 is 10.1 Å². The van der Waals surface area contributed by atoms with E-state index in [-0.39, 0.29) is 18.9 Å². The van der Waals surface area contributed by atoms with E-state index < -0.39 is 11.6 Å². The summed E-state index contributed by atoms with van der Waals surface area (Å²) < 4.78 is 30.2. The summed E-state index contributed by atoms with van der Waals surface area (Å²) >= 11 is 0. The zero-order valence-electron chi connectivity index (χ0n) is 8.93. The summed E-state index contributed by atoms with van der Waals surface area (Å²) in [5.41, 5.74) is 0.307. The van der Waals surface area contributed by atoms with Crippen molar-refractivity contribution in [3.8, 4) is 0 Å². The zero-order valence-corrected chi connectivity index (χ0v) is 8.93. The Morgan fingerprint density at radius 2 is 1.94 bits per heavy atom. The summed E-state index contributed by atoms with van der Waals surface area (Å²) in [6.07, 6.45) is 0.159. The Morgan fingerprint density at radius 1 is 1.31 bits per heavy atom. The molecule has 0 bridgehead atoms. The molecule has 0 radical (unpaired) electrons. The van der Waals surface area contributed by atoms with Crippen LogP contribution in [0.2, 0.25) is 0 Å². The molecule has 0 amide bonds. The number of benzene rings is 1. The first-order valence-corrected chi connectivity index (χ1v) is 4.97. The normalized spacial score (nSPS) is 9.94. The molecule has 0 aliphatic rings. The van der Waals surface area contributed by atoms with E-state index in [4.69, 9.17) is 4.74 Å². The van der Waals surface area contributed by atoms with Crippen molar-refractivity contribution in [1.82, 2.24) is 0 Å². The fraction of sp³-hybridized carbons (Fsp3) is 0.364. The third kappa shape index (κ3) is 4.25. The van der Waals surface area contributed by atoms with Gasteiger partial charge in [-0.05, 0) is 19.1 Å². The quantitative estimate of drug-likeness (QED) is 0.787. The lowest BCUT2D eigenvalue weighted by molar-refractivity contribution is -0.142. The molecule has 5 heteroatoms. The number of carbonyl (C=O) groups is 1. The second kappa shape index (κ2) is 6.05. The maximum absolute atomic E-state index is 12.8. The standard InChI is InChI=1S/C11H13F2NO2/c1-2-16-11(15)3-4-14-10-6-8(12)5-9(13)7-10/h5-7,14H,2-4H2,1H3. The largest absolute Gasteiger partial charge is 0.466 e. The Morgan fingerprint density at radius 3 is 2.50 bits per heavy atom. The smallest absolute Gasteiger partial charge is 0.307 e. The van der Waals surface area contributed by atoms with Crippen molar-refractivity contribution in [3.05, 3.63) is 29.8 Å². The van der Waals surface area contributed by atoms with Crippen LogP contribution in [-0.4, -0.2) is 19.1 Å². The molecule has 0 heterocycles. The number of ether oxygens (including phenoxy) is 1. The number of rotatable bonds is 5. The third-order valence-corrected chi connectivity index (χ3v) is 1.83. The molecule has 1 aromatic rings. The molecule has 0 aromatic heterocycles. The lowest BCUT2D eigenvalue weighted by Gasteiger charge is -2.06. The predicted molar refractivity (Wildman–Crippen MR) is 56.1 cm³/mol. The number of halogens is 2. The maximum Gasteiger partial charge on any atom is 0.307 e. The molecule has 0 fully saturated rings. The van der Waals surface area contributed by atoms with Crippen LogP contribution in [0.25, 0.3) is 0 Å². The highest BCUT2D eigenvalue weighted by Gasteiger charge is 2.03.